The van der Waals surface area contributed by atoms with Gasteiger partial charge in [-0.2, -0.15) is 0 Å². The van der Waals surface area contributed by atoms with E-state index in [1.807, 2.05) is 6.92 Å². The Morgan fingerprint density at radius 2 is 1.92 bits per heavy atom. The van der Waals surface area contributed by atoms with Crippen LogP contribution in [0.5, 0.6) is 5.75 Å². The minimum atomic E-state index is -1.11. The number of phenols is 1. The van der Waals surface area contributed by atoms with Gasteiger partial charge in [-0.05, 0) is 24.3 Å². The summed E-state index contributed by atoms with van der Waals surface area (Å²) in [5, 5.41) is 11.3. The molecule has 4 atom stereocenters. The first-order valence-corrected chi connectivity index (χ1v) is 7.92. The number of fused-ring (bicyclic) bond motifs is 1. The van der Waals surface area contributed by atoms with Gasteiger partial charge >= 0.3 is 5.97 Å². The Morgan fingerprint density at radius 3 is 2.46 bits per heavy atom. The molecule has 128 valence electrons. The molecule has 0 aliphatic carbocycles. The highest BCUT2D eigenvalue weighted by Gasteiger charge is 2.71. The summed E-state index contributed by atoms with van der Waals surface area (Å²) >= 11 is 0. The summed E-state index contributed by atoms with van der Waals surface area (Å²) in [6, 6.07) is 6.12. The number of amides is 2. The Balaban J connectivity index is 2.12. The van der Waals surface area contributed by atoms with Gasteiger partial charge in [-0.15, -0.1) is 0 Å². The van der Waals surface area contributed by atoms with Crippen LogP contribution < -0.4 is 5.32 Å². The van der Waals surface area contributed by atoms with Crippen molar-refractivity contribution in [3.8, 4) is 5.75 Å². The van der Waals surface area contributed by atoms with Crippen LogP contribution in [0.3, 0.4) is 0 Å². The largest absolute Gasteiger partial charge is 0.508 e. The van der Waals surface area contributed by atoms with Gasteiger partial charge < -0.3 is 15.2 Å². The molecule has 0 bridgehead atoms. The maximum atomic E-state index is 12.7. The highest BCUT2D eigenvalue weighted by Crippen LogP contribution is 2.45. The third kappa shape index (κ3) is 2.04. The van der Waals surface area contributed by atoms with Gasteiger partial charge in [0.1, 0.15) is 23.6 Å². The summed E-state index contributed by atoms with van der Waals surface area (Å²) in [5.41, 5.74) is -0.321. The fourth-order valence-corrected chi connectivity index (χ4v) is 4.13. The summed E-state index contributed by atoms with van der Waals surface area (Å²) in [4.78, 5) is 38.9. The maximum absolute atomic E-state index is 12.7. The SMILES string of the molecule is CC[C@]1(C(=O)OC)[NH2+][C@@H](c2ccc(O)cc2)[C@H]2C(=O)N(C)C(=O)[C@H]21. The molecule has 0 spiro atoms. The third-order valence-corrected chi connectivity index (χ3v) is 5.42. The van der Waals surface area contributed by atoms with Crippen LogP contribution in [0.25, 0.3) is 0 Å². The first-order valence-electron chi connectivity index (χ1n) is 7.92. The number of esters is 1. The summed E-state index contributed by atoms with van der Waals surface area (Å²) in [6.45, 7) is 1.82. The molecule has 2 aliphatic rings. The number of benzene rings is 1. The predicted molar refractivity (Wildman–Crippen MR) is 82.6 cm³/mol. The van der Waals surface area contributed by atoms with Crippen molar-refractivity contribution in [3.63, 3.8) is 0 Å². The van der Waals surface area contributed by atoms with Crippen molar-refractivity contribution < 1.29 is 29.5 Å². The first-order chi connectivity index (χ1) is 11.4. The lowest BCUT2D eigenvalue weighted by molar-refractivity contribution is -0.734. The zero-order valence-corrected chi connectivity index (χ0v) is 13.9. The van der Waals surface area contributed by atoms with E-state index in [9.17, 15) is 19.5 Å². The monoisotopic (exact) mass is 333 g/mol. The molecule has 2 heterocycles. The topological polar surface area (TPSA) is 101 Å². The number of hydrogen-bond acceptors (Lipinski definition) is 5. The number of rotatable bonds is 3. The van der Waals surface area contributed by atoms with Crippen molar-refractivity contribution >= 4 is 17.8 Å². The van der Waals surface area contributed by atoms with E-state index in [0.717, 1.165) is 10.5 Å². The Bertz CT molecular complexity index is 701. The molecule has 1 aromatic carbocycles. The lowest BCUT2D eigenvalue weighted by Gasteiger charge is -2.27. The second-order valence-electron chi connectivity index (χ2n) is 6.41. The minimum absolute atomic E-state index is 0.119. The van der Waals surface area contributed by atoms with Crippen LogP contribution in [0.1, 0.15) is 24.9 Å². The number of carbonyl (C=O) groups excluding carboxylic acids is 3. The molecular formula is C17H21N2O5+. The van der Waals surface area contributed by atoms with Gasteiger partial charge in [-0.25, -0.2) is 4.79 Å². The molecule has 2 fully saturated rings. The number of nitrogens with zero attached hydrogens (tertiary/aromatic N) is 1. The number of likely N-dealkylation sites (tertiary alicyclic amines) is 1. The van der Waals surface area contributed by atoms with Crippen LogP contribution in [-0.4, -0.2) is 47.5 Å². The van der Waals surface area contributed by atoms with E-state index in [0.29, 0.717) is 6.42 Å². The molecule has 3 rings (SSSR count). The van der Waals surface area contributed by atoms with E-state index in [1.54, 1.807) is 17.4 Å². The normalized spacial score (nSPS) is 32.1. The summed E-state index contributed by atoms with van der Waals surface area (Å²) in [6.07, 6.45) is 0.377. The Labute approximate surface area is 139 Å². The van der Waals surface area contributed by atoms with E-state index in [1.165, 1.54) is 26.3 Å². The van der Waals surface area contributed by atoms with Crippen molar-refractivity contribution in [3.05, 3.63) is 29.8 Å². The molecule has 2 saturated heterocycles. The smallest absolute Gasteiger partial charge is 0.368 e. The highest BCUT2D eigenvalue weighted by molar-refractivity contribution is 6.08. The molecule has 7 nitrogen and oxygen atoms in total. The van der Waals surface area contributed by atoms with Gasteiger partial charge in [0.25, 0.3) is 0 Å². The van der Waals surface area contributed by atoms with E-state index in [4.69, 9.17) is 4.74 Å². The number of methoxy groups -OCH3 is 1. The number of phenolic OH excluding ortho intramolecular Hbond substituents is 1. The lowest BCUT2D eigenvalue weighted by Crippen LogP contribution is -2.98. The molecule has 2 amide bonds. The fraction of sp³-hybridized carbons (Fsp3) is 0.471. The molecule has 0 unspecified atom stereocenters. The molecular weight excluding hydrogens is 312 g/mol. The van der Waals surface area contributed by atoms with Gasteiger partial charge in [0.05, 0.1) is 7.11 Å². The van der Waals surface area contributed by atoms with Crippen LogP contribution in [0.2, 0.25) is 0 Å². The molecule has 1 aromatic rings. The van der Waals surface area contributed by atoms with Gasteiger partial charge in [-0.1, -0.05) is 6.92 Å². The van der Waals surface area contributed by atoms with Crippen LogP contribution in [0, 0.1) is 11.8 Å². The van der Waals surface area contributed by atoms with E-state index >= 15 is 0 Å². The average molecular weight is 333 g/mol. The number of carbonyl (C=O) groups is 3. The second-order valence-corrected chi connectivity index (χ2v) is 6.41. The van der Waals surface area contributed by atoms with Gasteiger partial charge in [0, 0.05) is 19.0 Å². The molecule has 7 heteroatoms. The number of nitrogens with two attached hydrogens (primary N) is 1. The molecule has 0 radical (unpaired) electrons. The average Bonchev–Trinajstić information content (AvgIpc) is 3.05. The Morgan fingerprint density at radius 1 is 1.29 bits per heavy atom. The van der Waals surface area contributed by atoms with Crippen molar-refractivity contribution in [2.45, 2.75) is 24.9 Å². The third-order valence-electron chi connectivity index (χ3n) is 5.42. The minimum Gasteiger partial charge on any atom is -0.508 e. The summed E-state index contributed by atoms with van der Waals surface area (Å²) in [5.74, 6) is -2.35. The Kier molecular flexibility index (Phi) is 3.83. The van der Waals surface area contributed by atoms with Crippen LogP contribution in [0.15, 0.2) is 24.3 Å². The zero-order valence-electron chi connectivity index (χ0n) is 13.9. The molecule has 0 aromatic heterocycles. The van der Waals surface area contributed by atoms with Crippen molar-refractivity contribution in [1.29, 1.82) is 0 Å². The van der Waals surface area contributed by atoms with Crippen LogP contribution in [-0.2, 0) is 19.1 Å². The van der Waals surface area contributed by atoms with E-state index < -0.39 is 23.3 Å². The van der Waals surface area contributed by atoms with Gasteiger partial charge in [0.15, 0.2) is 0 Å². The van der Waals surface area contributed by atoms with Gasteiger partial charge in [0.2, 0.25) is 17.4 Å². The van der Waals surface area contributed by atoms with Crippen LogP contribution in [0.4, 0.5) is 0 Å². The number of ether oxygens (including phenoxy) is 1. The zero-order chi connectivity index (χ0) is 17.6. The molecule has 0 saturated carbocycles. The lowest BCUT2D eigenvalue weighted by atomic mass is 9.78. The highest BCUT2D eigenvalue weighted by atomic mass is 16.5. The van der Waals surface area contributed by atoms with Gasteiger partial charge in [-0.3, -0.25) is 14.5 Å². The fourth-order valence-electron chi connectivity index (χ4n) is 4.13. The van der Waals surface area contributed by atoms with Crippen molar-refractivity contribution in [2.24, 2.45) is 11.8 Å². The predicted octanol–water partition coefficient (Wildman–Crippen LogP) is -0.437. The molecule has 24 heavy (non-hydrogen) atoms. The first kappa shape index (κ1) is 16.4. The second kappa shape index (κ2) is 5.59. The number of imide groups is 1. The summed E-state index contributed by atoms with van der Waals surface area (Å²) < 4.78 is 4.97. The molecule has 2 aliphatic heterocycles. The van der Waals surface area contributed by atoms with Crippen LogP contribution >= 0.6 is 0 Å². The van der Waals surface area contributed by atoms with Crippen molar-refractivity contribution in [2.75, 3.05) is 14.2 Å². The summed E-state index contributed by atoms with van der Waals surface area (Å²) in [7, 11) is 2.75. The standard InChI is InChI=1S/C17H20N2O5/c1-4-17(16(23)24-3)12-11(14(21)19(2)15(12)22)13(18-17)9-5-7-10(20)8-6-9/h5-8,11-13,18,20H,4H2,1-3H3/p+1/t11-,12-,13-,17-/m0/s1. The Hall–Kier alpha value is -2.41. The number of quaternary nitrogens is 1. The number of aromatic hydroxyl groups is 1. The molecule has 3 N–H and O–H groups in total. The maximum Gasteiger partial charge on any atom is 0.368 e. The van der Waals surface area contributed by atoms with E-state index in [-0.39, 0.29) is 23.6 Å². The van der Waals surface area contributed by atoms with E-state index in [2.05, 4.69) is 0 Å². The quantitative estimate of drug-likeness (QED) is 0.577. The number of hydrogen-bond donors (Lipinski definition) is 2. The van der Waals surface area contributed by atoms with Crippen molar-refractivity contribution in [1.82, 2.24) is 4.90 Å².